The van der Waals surface area contributed by atoms with Crippen LogP contribution < -0.4 is 0 Å². The lowest BCUT2D eigenvalue weighted by molar-refractivity contribution is -0.141. The summed E-state index contributed by atoms with van der Waals surface area (Å²) < 4.78 is 3.67. The zero-order valence-electron chi connectivity index (χ0n) is 13.5. The van der Waals surface area contributed by atoms with Crippen LogP contribution in [0.4, 0.5) is 0 Å². The van der Waals surface area contributed by atoms with Gasteiger partial charge in [0.1, 0.15) is 11.4 Å². The molecule has 122 valence electrons. The van der Waals surface area contributed by atoms with Crippen molar-refractivity contribution in [3.8, 4) is 5.82 Å². The summed E-state index contributed by atoms with van der Waals surface area (Å²) in [4.78, 5) is 25.5. The van der Waals surface area contributed by atoms with Crippen molar-refractivity contribution in [1.82, 2.24) is 19.2 Å². The molecule has 0 aliphatic carbocycles. The molecule has 1 atom stereocenters. The molecule has 1 unspecified atom stereocenters. The maximum Gasteiger partial charge on any atom is 0.308 e. The highest BCUT2D eigenvalue weighted by molar-refractivity contribution is 5.97. The van der Waals surface area contributed by atoms with E-state index in [1.54, 1.807) is 22.8 Å². The summed E-state index contributed by atoms with van der Waals surface area (Å²) in [5.74, 6) is -0.768. The van der Waals surface area contributed by atoms with Crippen LogP contribution in [0.1, 0.15) is 28.2 Å². The normalized spacial score (nSPS) is 17.7. The number of carboxylic acid groups (broad SMARTS) is 1. The maximum absolute atomic E-state index is 12.8. The van der Waals surface area contributed by atoms with E-state index in [2.05, 4.69) is 5.10 Å². The van der Waals surface area contributed by atoms with Gasteiger partial charge in [0.05, 0.1) is 12.1 Å². The molecule has 7 heteroatoms. The third kappa shape index (κ3) is 2.52. The SMILES string of the molecule is Cc1ccc(C)n1-c1c(C(=O)N2CCC(C(=O)O)C2)cnn1C. The first-order valence-electron chi connectivity index (χ1n) is 7.59. The Labute approximate surface area is 134 Å². The van der Waals surface area contributed by atoms with E-state index < -0.39 is 11.9 Å². The molecule has 3 heterocycles. The number of aliphatic carboxylic acids is 1. The van der Waals surface area contributed by atoms with E-state index in [1.165, 1.54) is 0 Å². The molecule has 1 N–H and O–H groups in total. The Balaban J connectivity index is 1.96. The molecule has 0 spiro atoms. The van der Waals surface area contributed by atoms with Crippen molar-refractivity contribution >= 4 is 11.9 Å². The van der Waals surface area contributed by atoms with Crippen LogP contribution in [0, 0.1) is 19.8 Å². The van der Waals surface area contributed by atoms with Crippen molar-refractivity contribution < 1.29 is 14.7 Å². The molecule has 1 fully saturated rings. The molecule has 1 aliphatic rings. The lowest BCUT2D eigenvalue weighted by Gasteiger charge is -2.17. The average molecular weight is 316 g/mol. The van der Waals surface area contributed by atoms with Gasteiger partial charge in [-0.1, -0.05) is 0 Å². The van der Waals surface area contributed by atoms with Crippen molar-refractivity contribution in [2.24, 2.45) is 13.0 Å². The predicted molar refractivity (Wildman–Crippen MR) is 83.7 cm³/mol. The number of amides is 1. The van der Waals surface area contributed by atoms with Crippen LogP contribution >= 0.6 is 0 Å². The zero-order chi connectivity index (χ0) is 16.7. The van der Waals surface area contributed by atoms with E-state index in [4.69, 9.17) is 5.11 Å². The maximum atomic E-state index is 12.8. The van der Waals surface area contributed by atoms with Gasteiger partial charge in [-0.3, -0.25) is 14.3 Å². The van der Waals surface area contributed by atoms with Gasteiger partial charge in [-0.25, -0.2) is 0 Å². The lowest BCUT2D eigenvalue weighted by atomic mass is 10.1. The number of aryl methyl sites for hydroxylation is 3. The molecule has 2 aromatic heterocycles. The molecule has 0 radical (unpaired) electrons. The molecule has 1 saturated heterocycles. The Morgan fingerprint density at radius 2 is 1.91 bits per heavy atom. The minimum Gasteiger partial charge on any atom is -0.481 e. The van der Waals surface area contributed by atoms with Crippen molar-refractivity contribution in [2.75, 3.05) is 13.1 Å². The molecule has 2 aromatic rings. The zero-order valence-corrected chi connectivity index (χ0v) is 13.5. The molecule has 7 nitrogen and oxygen atoms in total. The van der Waals surface area contributed by atoms with Gasteiger partial charge in [-0.05, 0) is 32.4 Å². The van der Waals surface area contributed by atoms with Gasteiger partial charge in [-0.15, -0.1) is 0 Å². The molecule has 1 amide bonds. The van der Waals surface area contributed by atoms with Gasteiger partial charge in [-0.2, -0.15) is 5.10 Å². The quantitative estimate of drug-likeness (QED) is 0.927. The first kappa shape index (κ1) is 15.3. The number of nitrogens with zero attached hydrogens (tertiary/aromatic N) is 4. The summed E-state index contributed by atoms with van der Waals surface area (Å²) in [7, 11) is 1.80. The van der Waals surface area contributed by atoms with E-state index >= 15 is 0 Å². The standard InChI is InChI=1S/C16H20N4O3/c1-10-4-5-11(2)20(10)14-13(8-17-18(14)3)15(21)19-7-6-12(9-19)16(22)23/h4-5,8,12H,6-7,9H2,1-3H3,(H,22,23). The van der Waals surface area contributed by atoms with Gasteiger partial charge in [0.15, 0.2) is 0 Å². The number of carboxylic acids is 1. The molecular weight excluding hydrogens is 296 g/mol. The molecule has 0 saturated carbocycles. The first-order chi connectivity index (χ1) is 10.9. The number of carbonyl (C=O) groups excluding carboxylic acids is 1. The fourth-order valence-electron chi connectivity index (χ4n) is 3.17. The third-order valence-electron chi connectivity index (χ3n) is 4.45. The predicted octanol–water partition coefficient (Wildman–Crippen LogP) is 1.37. The van der Waals surface area contributed by atoms with E-state index in [-0.39, 0.29) is 12.5 Å². The summed E-state index contributed by atoms with van der Waals surface area (Å²) in [6.45, 7) is 4.68. The van der Waals surface area contributed by atoms with Crippen LogP contribution in [0.5, 0.6) is 0 Å². The highest BCUT2D eigenvalue weighted by atomic mass is 16.4. The monoisotopic (exact) mass is 316 g/mol. The van der Waals surface area contributed by atoms with E-state index in [0.29, 0.717) is 24.3 Å². The fourth-order valence-corrected chi connectivity index (χ4v) is 3.17. The smallest absolute Gasteiger partial charge is 0.308 e. The van der Waals surface area contributed by atoms with Gasteiger partial charge in [0.25, 0.3) is 5.91 Å². The lowest BCUT2D eigenvalue weighted by Crippen LogP contribution is -2.30. The van der Waals surface area contributed by atoms with Crippen molar-refractivity contribution in [3.05, 3.63) is 35.3 Å². The number of aromatic nitrogens is 3. The van der Waals surface area contributed by atoms with Crippen LogP contribution in [0.15, 0.2) is 18.3 Å². The first-order valence-corrected chi connectivity index (χ1v) is 7.59. The summed E-state index contributed by atoms with van der Waals surface area (Å²) in [6, 6.07) is 3.99. The van der Waals surface area contributed by atoms with Gasteiger partial charge < -0.3 is 14.6 Å². The molecular formula is C16H20N4O3. The summed E-state index contributed by atoms with van der Waals surface area (Å²) in [6.07, 6.45) is 2.06. The highest BCUT2D eigenvalue weighted by Crippen LogP contribution is 2.24. The Morgan fingerprint density at radius 1 is 1.26 bits per heavy atom. The number of hydrogen-bond donors (Lipinski definition) is 1. The summed E-state index contributed by atoms with van der Waals surface area (Å²) in [5, 5.41) is 13.3. The number of rotatable bonds is 3. The van der Waals surface area contributed by atoms with Gasteiger partial charge in [0.2, 0.25) is 0 Å². The van der Waals surface area contributed by atoms with E-state index in [1.807, 2.05) is 30.5 Å². The van der Waals surface area contributed by atoms with Crippen LogP contribution in [0.2, 0.25) is 0 Å². The number of hydrogen-bond acceptors (Lipinski definition) is 3. The topological polar surface area (TPSA) is 80.4 Å². The third-order valence-corrected chi connectivity index (χ3v) is 4.45. The average Bonchev–Trinajstić information content (AvgIpc) is 3.19. The Morgan fingerprint density at radius 3 is 2.48 bits per heavy atom. The Bertz CT molecular complexity index is 755. The van der Waals surface area contributed by atoms with E-state index in [9.17, 15) is 9.59 Å². The molecule has 1 aliphatic heterocycles. The Hall–Kier alpha value is -2.57. The minimum absolute atomic E-state index is 0.163. The van der Waals surface area contributed by atoms with Crippen LogP contribution in [-0.2, 0) is 11.8 Å². The molecule has 23 heavy (non-hydrogen) atoms. The largest absolute Gasteiger partial charge is 0.481 e. The number of carbonyl (C=O) groups is 2. The van der Waals surface area contributed by atoms with Crippen molar-refractivity contribution in [2.45, 2.75) is 20.3 Å². The van der Waals surface area contributed by atoms with Crippen LogP contribution in [-0.4, -0.2) is 49.3 Å². The van der Waals surface area contributed by atoms with E-state index in [0.717, 1.165) is 11.4 Å². The second kappa shape index (κ2) is 5.57. The van der Waals surface area contributed by atoms with Crippen molar-refractivity contribution in [1.29, 1.82) is 0 Å². The fraction of sp³-hybridized carbons (Fsp3) is 0.438. The second-order valence-electron chi connectivity index (χ2n) is 6.03. The van der Waals surface area contributed by atoms with Crippen LogP contribution in [0.3, 0.4) is 0 Å². The molecule has 0 bridgehead atoms. The van der Waals surface area contributed by atoms with Crippen LogP contribution in [0.25, 0.3) is 5.82 Å². The Kier molecular flexibility index (Phi) is 3.71. The molecule has 3 rings (SSSR count). The molecule has 0 aromatic carbocycles. The number of likely N-dealkylation sites (tertiary alicyclic amines) is 1. The summed E-state index contributed by atoms with van der Waals surface area (Å²) >= 11 is 0. The second-order valence-corrected chi connectivity index (χ2v) is 6.03. The van der Waals surface area contributed by atoms with Gasteiger partial charge in [0, 0.05) is 31.5 Å². The van der Waals surface area contributed by atoms with Crippen molar-refractivity contribution in [3.63, 3.8) is 0 Å². The minimum atomic E-state index is -0.844. The highest BCUT2D eigenvalue weighted by Gasteiger charge is 2.33. The van der Waals surface area contributed by atoms with Gasteiger partial charge >= 0.3 is 5.97 Å². The summed E-state index contributed by atoms with van der Waals surface area (Å²) in [5.41, 5.74) is 2.54.